The molecule has 1 aliphatic rings. The first-order chi connectivity index (χ1) is 15.0. The molecule has 0 radical (unpaired) electrons. The number of benzene rings is 2. The van der Waals surface area contributed by atoms with Crippen molar-refractivity contribution in [2.45, 2.75) is 12.6 Å². The van der Waals surface area contributed by atoms with E-state index >= 15 is 0 Å². The van der Waals surface area contributed by atoms with Crippen LogP contribution >= 0.6 is 0 Å². The fraction of sp³-hybridized carbons (Fsp3) is 0.364. The van der Waals surface area contributed by atoms with Gasteiger partial charge in [-0.05, 0) is 29.8 Å². The number of anilines is 1. The van der Waals surface area contributed by atoms with E-state index < -0.39 is 6.04 Å². The zero-order chi connectivity index (χ0) is 22.4. The first-order valence-electron chi connectivity index (χ1n) is 9.61. The molecule has 0 aromatic heterocycles. The van der Waals surface area contributed by atoms with Crippen molar-refractivity contribution in [2.75, 3.05) is 47.0 Å². The van der Waals surface area contributed by atoms with Crippen molar-refractivity contribution < 1.29 is 33.3 Å². The van der Waals surface area contributed by atoms with Gasteiger partial charge in [0.25, 0.3) is 0 Å². The molecule has 1 heterocycles. The number of nitrogens with one attached hydrogen (secondary N) is 1. The van der Waals surface area contributed by atoms with Crippen molar-refractivity contribution in [1.82, 2.24) is 4.90 Å². The van der Waals surface area contributed by atoms with Crippen LogP contribution in [0.1, 0.15) is 5.56 Å². The van der Waals surface area contributed by atoms with Crippen LogP contribution in [-0.4, -0.2) is 64.4 Å². The summed E-state index contributed by atoms with van der Waals surface area (Å²) in [5, 5.41) is 2.82. The molecule has 3 rings (SSSR count). The van der Waals surface area contributed by atoms with E-state index in [0.29, 0.717) is 28.7 Å². The van der Waals surface area contributed by atoms with E-state index in [1.807, 2.05) is 6.07 Å². The van der Waals surface area contributed by atoms with Crippen LogP contribution in [0.2, 0.25) is 0 Å². The van der Waals surface area contributed by atoms with Crippen molar-refractivity contribution in [2.24, 2.45) is 0 Å². The minimum absolute atomic E-state index is 0.0760. The number of amides is 2. The van der Waals surface area contributed by atoms with Crippen LogP contribution in [0.4, 0.5) is 5.69 Å². The molecule has 1 saturated heterocycles. The Kier molecular flexibility index (Phi) is 7.19. The van der Waals surface area contributed by atoms with Crippen LogP contribution in [0.25, 0.3) is 0 Å². The summed E-state index contributed by atoms with van der Waals surface area (Å²) in [6.45, 7) is 0.248. The highest BCUT2D eigenvalue weighted by molar-refractivity contribution is 5.98. The third-order valence-electron chi connectivity index (χ3n) is 4.95. The molecule has 0 bridgehead atoms. The minimum Gasteiger partial charge on any atom is -0.493 e. The van der Waals surface area contributed by atoms with Crippen LogP contribution in [0, 0.1) is 0 Å². The molecule has 9 heteroatoms. The molecule has 0 spiro atoms. The number of hydrogen-bond acceptors (Lipinski definition) is 7. The summed E-state index contributed by atoms with van der Waals surface area (Å²) in [4.78, 5) is 27.0. The molecule has 1 atom stereocenters. The number of methoxy groups -OCH3 is 4. The molecule has 1 aliphatic heterocycles. The van der Waals surface area contributed by atoms with Crippen LogP contribution < -0.4 is 24.3 Å². The van der Waals surface area contributed by atoms with Gasteiger partial charge < -0.3 is 33.9 Å². The van der Waals surface area contributed by atoms with Gasteiger partial charge in [-0.2, -0.15) is 0 Å². The maximum Gasteiger partial charge on any atom is 0.249 e. The lowest BCUT2D eigenvalue weighted by molar-refractivity contribution is -0.154. The lowest BCUT2D eigenvalue weighted by Crippen LogP contribution is -2.54. The van der Waals surface area contributed by atoms with Crippen molar-refractivity contribution in [1.29, 1.82) is 0 Å². The number of rotatable bonds is 8. The van der Waals surface area contributed by atoms with E-state index in [1.165, 1.54) is 19.1 Å². The van der Waals surface area contributed by atoms with Gasteiger partial charge in [-0.15, -0.1) is 0 Å². The summed E-state index contributed by atoms with van der Waals surface area (Å²) in [5.74, 6) is 1.54. The summed E-state index contributed by atoms with van der Waals surface area (Å²) < 4.78 is 26.4. The number of hydrogen-bond donors (Lipinski definition) is 1. The Labute approximate surface area is 180 Å². The molecule has 2 amide bonds. The molecule has 1 fully saturated rings. The summed E-state index contributed by atoms with van der Waals surface area (Å²) in [5.41, 5.74) is 1.32. The molecule has 1 N–H and O–H groups in total. The van der Waals surface area contributed by atoms with E-state index in [9.17, 15) is 9.59 Å². The average molecular weight is 430 g/mol. The van der Waals surface area contributed by atoms with Crippen molar-refractivity contribution >= 4 is 17.5 Å². The Balaban J connectivity index is 1.79. The first-order valence-corrected chi connectivity index (χ1v) is 9.61. The third-order valence-corrected chi connectivity index (χ3v) is 4.95. The highest BCUT2D eigenvalue weighted by Crippen LogP contribution is 2.31. The Bertz CT molecular complexity index is 947. The topological polar surface area (TPSA) is 95.6 Å². The molecule has 9 nitrogen and oxygen atoms in total. The van der Waals surface area contributed by atoms with Gasteiger partial charge in [-0.25, -0.2) is 0 Å². The Morgan fingerprint density at radius 1 is 0.968 bits per heavy atom. The second-order valence-corrected chi connectivity index (χ2v) is 6.80. The standard InChI is InChI=1S/C22H26N2O7/c1-27-17-7-5-14(9-19(17)29-3)11-24-16(12-31-13-21(24)25)22(26)23-15-6-8-18(28-2)20(10-15)30-4/h5-10,16H,11-13H2,1-4H3,(H,23,26)/t16-/m0/s1. The summed E-state index contributed by atoms with van der Waals surface area (Å²) in [6, 6.07) is 9.63. The van der Waals surface area contributed by atoms with Gasteiger partial charge in [0.15, 0.2) is 23.0 Å². The monoisotopic (exact) mass is 430 g/mol. The second-order valence-electron chi connectivity index (χ2n) is 6.80. The Morgan fingerprint density at radius 3 is 2.23 bits per heavy atom. The molecule has 166 valence electrons. The minimum atomic E-state index is -0.789. The summed E-state index contributed by atoms with van der Waals surface area (Å²) in [6.07, 6.45) is 0. The average Bonchev–Trinajstić information content (AvgIpc) is 2.80. The lowest BCUT2D eigenvalue weighted by atomic mass is 10.1. The zero-order valence-corrected chi connectivity index (χ0v) is 18.0. The largest absolute Gasteiger partial charge is 0.493 e. The van der Waals surface area contributed by atoms with Gasteiger partial charge >= 0.3 is 0 Å². The smallest absolute Gasteiger partial charge is 0.249 e. The van der Waals surface area contributed by atoms with Gasteiger partial charge in [0.1, 0.15) is 12.6 Å². The van der Waals surface area contributed by atoms with E-state index in [4.69, 9.17) is 23.7 Å². The highest BCUT2D eigenvalue weighted by Gasteiger charge is 2.34. The fourth-order valence-corrected chi connectivity index (χ4v) is 3.34. The highest BCUT2D eigenvalue weighted by atomic mass is 16.5. The maximum atomic E-state index is 13.0. The third kappa shape index (κ3) is 5.00. The van der Waals surface area contributed by atoms with Crippen molar-refractivity contribution in [3.05, 3.63) is 42.0 Å². The van der Waals surface area contributed by atoms with E-state index in [2.05, 4.69) is 5.32 Å². The summed E-state index contributed by atoms with van der Waals surface area (Å²) >= 11 is 0. The lowest BCUT2D eigenvalue weighted by Gasteiger charge is -2.34. The second kappa shape index (κ2) is 10.0. The fourth-order valence-electron chi connectivity index (χ4n) is 3.34. The van der Waals surface area contributed by atoms with Crippen LogP contribution in [-0.2, 0) is 20.9 Å². The Hall–Kier alpha value is -3.46. The number of carbonyl (C=O) groups is 2. The van der Waals surface area contributed by atoms with E-state index in [0.717, 1.165) is 5.56 Å². The van der Waals surface area contributed by atoms with Gasteiger partial charge in [-0.3, -0.25) is 9.59 Å². The molecule has 0 unspecified atom stereocenters. The zero-order valence-electron chi connectivity index (χ0n) is 18.0. The maximum absolute atomic E-state index is 13.0. The van der Waals surface area contributed by atoms with Gasteiger partial charge in [-0.1, -0.05) is 6.07 Å². The van der Waals surface area contributed by atoms with Gasteiger partial charge in [0, 0.05) is 18.3 Å². The SMILES string of the molecule is COc1ccc(CN2C(=O)COC[C@H]2C(=O)Nc2ccc(OC)c(OC)c2)cc1OC. The number of nitrogens with zero attached hydrogens (tertiary/aromatic N) is 1. The molecule has 2 aromatic carbocycles. The molecule has 0 saturated carbocycles. The first kappa shape index (κ1) is 22.2. The quantitative estimate of drug-likeness (QED) is 0.685. The number of morpholine rings is 1. The number of ether oxygens (including phenoxy) is 5. The van der Waals surface area contributed by atoms with Crippen LogP contribution in [0.3, 0.4) is 0 Å². The van der Waals surface area contributed by atoms with Crippen molar-refractivity contribution in [3.63, 3.8) is 0 Å². The molecule has 2 aromatic rings. The molecule has 0 aliphatic carbocycles. The number of carbonyl (C=O) groups excluding carboxylic acids is 2. The van der Waals surface area contributed by atoms with Crippen molar-refractivity contribution in [3.8, 4) is 23.0 Å². The summed E-state index contributed by atoms with van der Waals surface area (Å²) in [7, 11) is 6.15. The Morgan fingerprint density at radius 2 is 1.58 bits per heavy atom. The van der Waals surface area contributed by atoms with Crippen LogP contribution in [0.5, 0.6) is 23.0 Å². The molecular weight excluding hydrogens is 404 g/mol. The van der Waals surface area contributed by atoms with Gasteiger partial charge in [0.05, 0.1) is 35.0 Å². The molecular formula is C22H26N2O7. The van der Waals surface area contributed by atoms with Gasteiger partial charge in [0.2, 0.25) is 11.8 Å². The molecule has 31 heavy (non-hydrogen) atoms. The predicted molar refractivity (Wildman–Crippen MR) is 113 cm³/mol. The van der Waals surface area contributed by atoms with E-state index in [1.54, 1.807) is 44.6 Å². The predicted octanol–water partition coefficient (Wildman–Crippen LogP) is 2.09. The van der Waals surface area contributed by atoms with E-state index in [-0.39, 0.29) is 31.6 Å². The normalized spacial score (nSPS) is 15.9. The van der Waals surface area contributed by atoms with Crippen LogP contribution in [0.15, 0.2) is 36.4 Å².